The highest BCUT2D eigenvalue weighted by molar-refractivity contribution is 9.10. The van der Waals surface area contributed by atoms with Crippen molar-refractivity contribution >= 4 is 27.5 Å². The van der Waals surface area contributed by atoms with E-state index < -0.39 is 0 Å². The molecule has 0 unspecified atom stereocenters. The summed E-state index contributed by atoms with van der Waals surface area (Å²) in [6.45, 7) is 5.77. The fourth-order valence-electron chi connectivity index (χ4n) is 2.18. The van der Waals surface area contributed by atoms with Crippen LogP contribution in [-0.4, -0.2) is 19.1 Å². The Morgan fingerprint density at radius 3 is 2.52 bits per heavy atom. The van der Waals surface area contributed by atoms with Crippen LogP contribution in [0.1, 0.15) is 29.8 Å². The predicted molar refractivity (Wildman–Crippen MR) is 97.1 cm³/mol. The molecule has 0 aromatic heterocycles. The van der Waals surface area contributed by atoms with Crippen LogP contribution in [0.15, 0.2) is 46.9 Å². The molecule has 2 aromatic rings. The van der Waals surface area contributed by atoms with Crippen LogP contribution in [0.4, 0.5) is 5.69 Å². The molecular formula is C18H21BrN2O2. The van der Waals surface area contributed by atoms with Gasteiger partial charge in [0.25, 0.3) is 5.91 Å². The fraction of sp³-hybridized carbons (Fsp3) is 0.278. The second kappa shape index (κ2) is 8.58. The molecule has 0 aliphatic rings. The van der Waals surface area contributed by atoms with Gasteiger partial charge in [0.2, 0.25) is 0 Å². The molecule has 0 saturated carbocycles. The standard InChI is InChI=1S/C18H21BrN2O2/c1-3-20-18(22)16-11-14(19)7-10-17(16)21-12-13-5-8-15(9-6-13)23-4-2/h5-11,21H,3-4,12H2,1-2H3,(H,20,22). The Labute approximate surface area is 145 Å². The first-order valence-corrected chi connectivity index (χ1v) is 8.46. The monoisotopic (exact) mass is 376 g/mol. The lowest BCUT2D eigenvalue weighted by Crippen LogP contribution is -2.23. The normalized spacial score (nSPS) is 10.2. The third-order valence-electron chi connectivity index (χ3n) is 3.28. The van der Waals surface area contributed by atoms with Gasteiger partial charge >= 0.3 is 0 Å². The van der Waals surface area contributed by atoms with Crippen molar-refractivity contribution < 1.29 is 9.53 Å². The third kappa shape index (κ3) is 4.99. The van der Waals surface area contributed by atoms with Gasteiger partial charge in [-0.25, -0.2) is 0 Å². The maximum atomic E-state index is 12.2. The van der Waals surface area contributed by atoms with E-state index in [-0.39, 0.29) is 5.91 Å². The molecule has 0 bridgehead atoms. The minimum absolute atomic E-state index is 0.0806. The first-order valence-electron chi connectivity index (χ1n) is 7.67. The number of ether oxygens (including phenoxy) is 1. The van der Waals surface area contributed by atoms with Crippen molar-refractivity contribution in [1.29, 1.82) is 0 Å². The maximum absolute atomic E-state index is 12.2. The number of hydrogen-bond donors (Lipinski definition) is 2. The van der Waals surface area contributed by atoms with Crippen LogP contribution in [0.25, 0.3) is 0 Å². The zero-order valence-corrected chi connectivity index (χ0v) is 14.9. The number of rotatable bonds is 7. The molecule has 0 aliphatic carbocycles. The number of benzene rings is 2. The number of carbonyl (C=O) groups excluding carboxylic acids is 1. The molecule has 0 radical (unpaired) electrons. The van der Waals surface area contributed by atoms with Crippen LogP contribution in [0.3, 0.4) is 0 Å². The lowest BCUT2D eigenvalue weighted by Gasteiger charge is -2.13. The molecule has 2 N–H and O–H groups in total. The Hall–Kier alpha value is -2.01. The minimum Gasteiger partial charge on any atom is -0.494 e. The first-order chi connectivity index (χ1) is 11.1. The van der Waals surface area contributed by atoms with Crippen LogP contribution in [0.5, 0.6) is 5.75 Å². The summed E-state index contributed by atoms with van der Waals surface area (Å²) in [5, 5.41) is 6.16. The summed E-state index contributed by atoms with van der Waals surface area (Å²) < 4.78 is 6.32. The van der Waals surface area contributed by atoms with Gasteiger partial charge in [0.1, 0.15) is 5.75 Å². The Kier molecular flexibility index (Phi) is 6.47. The molecule has 2 aromatic carbocycles. The van der Waals surface area contributed by atoms with Gasteiger partial charge in [-0.3, -0.25) is 4.79 Å². The number of hydrogen-bond acceptors (Lipinski definition) is 3. The summed E-state index contributed by atoms with van der Waals surface area (Å²) in [4.78, 5) is 12.2. The van der Waals surface area contributed by atoms with Crippen molar-refractivity contribution in [3.8, 4) is 5.75 Å². The first kappa shape index (κ1) is 17.3. The molecule has 0 atom stereocenters. The molecular weight excluding hydrogens is 356 g/mol. The SMILES string of the molecule is CCNC(=O)c1cc(Br)ccc1NCc1ccc(OCC)cc1. The van der Waals surface area contributed by atoms with Crippen molar-refractivity contribution in [2.24, 2.45) is 0 Å². The van der Waals surface area contributed by atoms with Gasteiger partial charge < -0.3 is 15.4 Å². The molecule has 0 aliphatic heterocycles. The van der Waals surface area contributed by atoms with E-state index in [2.05, 4.69) is 26.6 Å². The van der Waals surface area contributed by atoms with E-state index in [1.165, 1.54) is 0 Å². The van der Waals surface area contributed by atoms with Crippen LogP contribution in [0, 0.1) is 0 Å². The van der Waals surface area contributed by atoms with Crippen LogP contribution < -0.4 is 15.4 Å². The number of nitrogens with one attached hydrogen (secondary N) is 2. The van der Waals surface area contributed by atoms with Crippen LogP contribution >= 0.6 is 15.9 Å². The fourth-order valence-corrected chi connectivity index (χ4v) is 2.54. The van der Waals surface area contributed by atoms with Gasteiger partial charge in [0, 0.05) is 23.2 Å². The molecule has 0 heterocycles. The smallest absolute Gasteiger partial charge is 0.253 e. The second-order valence-electron chi connectivity index (χ2n) is 4.98. The van der Waals surface area contributed by atoms with E-state index >= 15 is 0 Å². The molecule has 0 fully saturated rings. The Morgan fingerprint density at radius 1 is 1.13 bits per heavy atom. The largest absolute Gasteiger partial charge is 0.494 e. The van der Waals surface area contributed by atoms with Gasteiger partial charge in [-0.2, -0.15) is 0 Å². The summed E-state index contributed by atoms with van der Waals surface area (Å²) >= 11 is 3.41. The van der Waals surface area contributed by atoms with E-state index in [4.69, 9.17) is 4.74 Å². The van der Waals surface area contributed by atoms with Crippen molar-refractivity contribution in [2.45, 2.75) is 20.4 Å². The molecule has 122 valence electrons. The number of halogens is 1. The Morgan fingerprint density at radius 2 is 1.87 bits per heavy atom. The highest BCUT2D eigenvalue weighted by atomic mass is 79.9. The average molecular weight is 377 g/mol. The number of anilines is 1. The molecule has 23 heavy (non-hydrogen) atoms. The molecule has 0 spiro atoms. The zero-order chi connectivity index (χ0) is 16.7. The Balaban J connectivity index is 2.09. The van der Waals surface area contributed by atoms with E-state index in [0.29, 0.717) is 25.3 Å². The topological polar surface area (TPSA) is 50.4 Å². The molecule has 1 amide bonds. The van der Waals surface area contributed by atoms with Crippen molar-refractivity contribution in [2.75, 3.05) is 18.5 Å². The summed E-state index contributed by atoms with van der Waals surface area (Å²) in [5.41, 5.74) is 2.57. The van der Waals surface area contributed by atoms with Gasteiger partial charge in [-0.15, -0.1) is 0 Å². The minimum atomic E-state index is -0.0806. The highest BCUT2D eigenvalue weighted by Gasteiger charge is 2.11. The maximum Gasteiger partial charge on any atom is 0.253 e. The van der Waals surface area contributed by atoms with E-state index in [1.54, 1.807) is 0 Å². The second-order valence-corrected chi connectivity index (χ2v) is 5.90. The highest BCUT2D eigenvalue weighted by Crippen LogP contribution is 2.22. The van der Waals surface area contributed by atoms with Gasteiger partial charge in [0.15, 0.2) is 0 Å². The predicted octanol–water partition coefficient (Wildman–Crippen LogP) is 4.21. The van der Waals surface area contributed by atoms with Crippen LogP contribution in [0.2, 0.25) is 0 Å². The third-order valence-corrected chi connectivity index (χ3v) is 3.77. The lowest BCUT2D eigenvalue weighted by atomic mass is 10.1. The van der Waals surface area contributed by atoms with E-state index in [1.807, 2.05) is 56.3 Å². The van der Waals surface area contributed by atoms with Crippen molar-refractivity contribution in [1.82, 2.24) is 5.32 Å². The number of carbonyl (C=O) groups is 1. The average Bonchev–Trinajstić information content (AvgIpc) is 2.55. The van der Waals surface area contributed by atoms with Crippen LogP contribution in [-0.2, 0) is 6.54 Å². The van der Waals surface area contributed by atoms with Gasteiger partial charge in [-0.1, -0.05) is 28.1 Å². The molecule has 4 nitrogen and oxygen atoms in total. The Bertz CT molecular complexity index is 657. The van der Waals surface area contributed by atoms with Gasteiger partial charge in [-0.05, 0) is 49.7 Å². The van der Waals surface area contributed by atoms with Gasteiger partial charge in [0.05, 0.1) is 12.2 Å². The van der Waals surface area contributed by atoms with E-state index in [9.17, 15) is 4.79 Å². The molecule has 2 rings (SSSR count). The summed E-state index contributed by atoms with van der Waals surface area (Å²) in [6, 6.07) is 13.6. The number of amides is 1. The molecule has 0 saturated heterocycles. The lowest BCUT2D eigenvalue weighted by molar-refractivity contribution is 0.0956. The zero-order valence-electron chi connectivity index (χ0n) is 13.4. The van der Waals surface area contributed by atoms with E-state index in [0.717, 1.165) is 21.5 Å². The summed E-state index contributed by atoms with van der Waals surface area (Å²) in [5.74, 6) is 0.783. The van der Waals surface area contributed by atoms with Crippen molar-refractivity contribution in [3.63, 3.8) is 0 Å². The summed E-state index contributed by atoms with van der Waals surface area (Å²) in [7, 11) is 0. The molecule has 5 heteroatoms. The summed E-state index contributed by atoms with van der Waals surface area (Å²) in [6.07, 6.45) is 0. The quantitative estimate of drug-likeness (QED) is 0.760. The van der Waals surface area contributed by atoms with Crippen molar-refractivity contribution in [3.05, 3.63) is 58.1 Å².